The van der Waals surface area contributed by atoms with Gasteiger partial charge in [-0.3, -0.25) is 14.4 Å². The Morgan fingerprint density at radius 2 is 2.21 bits per heavy atom. The number of nitrogens with one attached hydrogen (secondary N) is 2. The Balaban J connectivity index is 2.13. The van der Waals surface area contributed by atoms with Crippen LogP contribution in [0.1, 0.15) is 0 Å². The van der Waals surface area contributed by atoms with Crippen LogP contribution in [-0.4, -0.2) is 36.8 Å². The molecule has 0 amide bonds. The van der Waals surface area contributed by atoms with Crippen molar-refractivity contribution in [2.45, 2.75) is 11.4 Å². The van der Waals surface area contributed by atoms with Crippen LogP contribution in [0.4, 0.5) is 5.69 Å². The molecule has 0 spiro atoms. The molecule has 2 aromatic rings. The maximum atomic E-state index is 12.1. The molecule has 0 aliphatic rings. The first-order valence-corrected chi connectivity index (χ1v) is 7.20. The third kappa shape index (κ3) is 3.52. The topological polar surface area (TPSA) is 88.9 Å². The summed E-state index contributed by atoms with van der Waals surface area (Å²) >= 11 is 0. The highest BCUT2D eigenvalue weighted by Gasteiger charge is 2.16. The SMILES string of the molecule is CNCCn1cc(S(=O)(=O)Nc2cccnc2)cn1. The quantitative estimate of drug-likeness (QED) is 0.795. The number of hydrogen-bond donors (Lipinski definition) is 2. The highest BCUT2D eigenvalue weighted by molar-refractivity contribution is 7.92. The summed E-state index contributed by atoms with van der Waals surface area (Å²) in [6.07, 6.45) is 5.85. The van der Waals surface area contributed by atoms with Crippen molar-refractivity contribution < 1.29 is 8.42 Å². The Morgan fingerprint density at radius 3 is 2.89 bits per heavy atom. The second-order valence-electron chi connectivity index (χ2n) is 3.89. The summed E-state index contributed by atoms with van der Waals surface area (Å²) in [4.78, 5) is 3.98. The van der Waals surface area contributed by atoms with Crippen LogP contribution in [0, 0.1) is 0 Å². The van der Waals surface area contributed by atoms with Gasteiger partial charge >= 0.3 is 0 Å². The fourth-order valence-electron chi connectivity index (χ4n) is 1.47. The highest BCUT2D eigenvalue weighted by Crippen LogP contribution is 2.13. The molecule has 0 saturated carbocycles. The van der Waals surface area contributed by atoms with E-state index < -0.39 is 10.0 Å². The lowest BCUT2D eigenvalue weighted by Crippen LogP contribution is -2.15. The molecular weight excluding hydrogens is 266 g/mol. The predicted octanol–water partition coefficient (Wildman–Crippen LogP) is 0.298. The Hall–Kier alpha value is -1.93. The van der Waals surface area contributed by atoms with Crippen molar-refractivity contribution in [2.24, 2.45) is 0 Å². The molecule has 0 bridgehead atoms. The van der Waals surface area contributed by atoms with Crippen molar-refractivity contribution >= 4 is 15.7 Å². The van der Waals surface area contributed by atoms with Gasteiger partial charge in [-0.05, 0) is 19.2 Å². The molecule has 0 aliphatic heterocycles. The molecule has 0 aliphatic carbocycles. The minimum absolute atomic E-state index is 0.132. The Bertz CT molecular complexity index is 624. The molecule has 2 heterocycles. The van der Waals surface area contributed by atoms with Crippen molar-refractivity contribution in [2.75, 3.05) is 18.3 Å². The zero-order valence-electron chi connectivity index (χ0n) is 10.4. The van der Waals surface area contributed by atoms with E-state index in [1.807, 2.05) is 7.05 Å². The van der Waals surface area contributed by atoms with E-state index in [4.69, 9.17) is 0 Å². The van der Waals surface area contributed by atoms with Crippen molar-refractivity contribution in [3.05, 3.63) is 36.9 Å². The number of hydrogen-bond acceptors (Lipinski definition) is 5. The molecule has 0 fully saturated rings. The molecular formula is C11H15N5O2S. The van der Waals surface area contributed by atoms with E-state index in [-0.39, 0.29) is 4.90 Å². The minimum atomic E-state index is -3.61. The number of rotatable bonds is 6. The highest BCUT2D eigenvalue weighted by atomic mass is 32.2. The van der Waals surface area contributed by atoms with Crippen LogP contribution in [0.3, 0.4) is 0 Å². The molecule has 0 radical (unpaired) electrons. The Labute approximate surface area is 111 Å². The predicted molar refractivity (Wildman–Crippen MR) is 71.2 cm³/mol. The normalized spacial score (nSPS) is 11.4. The van der Waals surface area contributed by atoms with E-state index in [0.29, 0.717) is 12.2 Å². The maximum absolute atomic E-state index is 12.1. The lowest BCUT2D eigenvalue weighted by Gasteiger charge is -2.04. The zero-order chi connectivity index (χ0) is 13.7. The summed E-state index contributed by atoms with van der Waals surface area (Å²) in [7, 11) is -1.79. The van der Waals surface area contributed by atoms with Crippen LogP contribution in [0.2, 0.25) is 0 Å². The van der Waals surface area contributed by atoms with E-state index in [9.17, 15) is 8.42 Å². The number of nitrogens with zero attached hydrogens (tertiary/aromatic N) is 3. The monoisotopic (exact) mass is 281 g/mol. The molecule has 2 aromatic heterocycles. The Kier molecular flexibility index (Phi) is 4.13. The van der Waals surface area contributed by atoms with Gasteiger partial charge in [0.15, 0.2) is 0 Å². The van der Waals surface area contributed by atoms with Gasteiger partial charge in [-0.2, -0.15) is 5.10 Å². The average Bonchev–Trinajstić information content (AvgIpc) is 2.86. The first kappa shape index (κ1) is 13.5. The summed E-state index contributed by atoms with van der Waals surface area (Å²) in [6.45, 7) is 1.33. The summed E-state index contributed by atoms with van der Waals surface area (Å²) in [6, 6.07) is 3.30. The third-order valence-electron chi connectivity index (χ3n) is 2.42. The molecule has 0 atom stereocenters. The van der Waals surface area contributed by atoms with Gasteiger partial charge in [0.1, 0.15) is 4.90 Å². The minimum Gasteiger partial charge on any atom is -0.318 e. The largest absolute Gasteiger partial charge is 0.318 e. The Morgan fingerprint density at radius 1 is 1.37 bits per heavy atom. The van der Waals surface area contributed by atoms with E-state index in [1.165, 1.54) is 18.6 Å². The van der Waals surface area contributed by atoms with Crippen molar-refractivity contribution in [1.29, 1.82) is 0 Å². The fourth-order valence-corrected chi connectivity index (χ4v) is 2.46. The number of likely N-dealkylation sites (N-methyl/N-ethyl adjacent to an activating group) is 1. The van der Waals surface area contributed by atoms with Crippen LogP contribution in [0.15, 0.2) is 41.8 Å². The maximum Gasteiger partial charge on any atom is 0.265 e. The smallest absolute Gasteiger partial charge is 0.265 e. The lowest BCUT2D eigenvalue weighted by atomic mass is 10.4. The summed E-state index contributed by atoms with van der Waals surface area (Å²) in [5.74, 6) is 0. The summed E-state index contributed by atoms with van der Waals surface area (Å²) < 4.78 is 28.2. The number of anilines is 1. The molecule has 0 aromatic carbocycles. The van der Waals surface area contributed by atoms with Crippen molar-refractivity contribution in [3.63, 3.8) is 0 Å². The van der Waals surface area contributed by atoms with Crippen LogP contribution in [-0.2, 0) is 16.6 Å². The molecule has 19 heavy (non-hydrogen) atoms. The van der Waals surface area contributed by atoms with E-state index in [0.717, 1.165) is 6.54 Å². The molecule has 0 unspecified atom stereocenters. The summed E-state index contributed by atoms with van der Waals surface area (Å²) in [5, 5.41) is 6.97. The number of aromatic nitrogens is 3. The number of pyridine rings is 1. The second kappa shape index (κ2) is 5.81. The third-order valence-corrected chi connectivity index (χ3v) is 3.76. The van der Waals surface area contributed by atoms with E-state index in [1.54, 1.807) is 23.0 Å². The van der Waals surface area contributed by atoms with Gasteiger partial charge in [0.05, 0.1) is 24.6 Å². The van der Waals surface area contributed by atoms with Gasteiger partial charge in [0.2, 0.25) is 0 Å². The lowest BCUT2D eigenvalue weighted by molar-refractivity contribution is 0.582. The standard InChI is InChI=1S/C11H15N5O2S/c1-12-5-6-16-9-11(8-14-16)19(17,18)15-10-3-2-4-13-7-10/h2-4,7-9,12,15H,5-6H2,1H3. The summed E-state index contributed by atoms with van der Waals surface area (Å²) in [5.41, 5.74) is 0.422. The first-order valence-electron chi connectivity index (χ1n) is 5.72. The zero-order valence-corrected chi connectivity index (χ0v) is 11.3. The second-order valence-corrected chi connectivity index (χ2v) is 5.57. The first-order chi connectivity index (χ1) is 9.12. The van der Waals surface area contributed by atoms with E-state index >= 15 is 0 Å². The molecule has 7 nitrogen and oxygen atoms in total. The van der Waals surface area contributed by atoms with Gasteiger partial charge in [0.25, 0.3) is 10.0 Å². The van der Waals surface area contributed by atoms with Crippen LogP contribution < -0.4 is 10.0 Å². The van der Waals surface area contributed by atoms with Gasteiger partial charge in [0, 0.05) is 18.9 Å². The van der Waals surface area contributed by atoms with Gasteiger partial charge < -0.3 is 5.32 Å². The van der Waals surface area contributed by atoms with Crippen LogP contribution in [0.25, 0.3) is 0 Å². The van der Waals surface area contributed by atoms with E-state index in [2.05, 4.69) is 20.1 Å². The molecule has 8 heteroatoms. The molecule has 2 rings (SSSR count). The fraction of sp³-hybridized carbons (Fsp3) is 0.273. The van der Waals surface area contributed by atoms with Crippen LogP contribution >= 0.6 is 0 Å². The molecule has 102 valence electrons. The van der Waals surface area contributed by atoms with Gasteiger partial charge in [-0.1, -0.05) is 0 Å². The van der Waals surface area contributed by atoms with Crippen molar-refractivity contribution in [1.82, 2.24) is 20.1 Å². The van der Waals surface area contributed by atoms with Crippen molar-refractivity contribution in [3.8, 4) is 0 Å². The average molecular weight is 281 g/mol. The van der Waals surface area contributed by atoms with Gasteiger partial charge in [-0.15, -0.1) is 0 Å². The van der Waals surface area contributed by atoms with Gasteiger partial charge in [-0.25, -0.2) is 8.42 Å². The molecule has 0 saturated heterocycles. The van der Waals surface area contributed by atoms with Crippen LogP contribution in [0.5, 0.6) is 0 Å². The molecule has 2 N–H and O–H groups in total. The number of sulfonamides is 1.